The number of sulfonamides is 1. The third kappa shape index (κ3) is 5.59. The first-order valence-corrected chi connectivity index (χ1v) is 12.8. The predicted octanol–water partition coefficient (Wildman–Crippen LogP) is 1.62. The third-order valence-corrected chi connectivity index (χ3v) is 7.20. The predicted molar refractivity (Wildman–Crippen MR) is 128 cm³/mol. The molecule has 1 aliphatic rings. The molecule has 0 aliphatic carbocycles. The Morgan fingerprint density at radius 2 is 1.86 bits per heavy atom. The number of nitrogens with one attached hydrogen (secondary N) is 2. The number of fused-ring (bicyclic) bond motifs is 1. The highest BCUT2D eigenvalue weighted by molar-refractivity contribution is 7.88. The molecular weight excluding hydrogens is 472 g/mol. The summed E-state index contributed by atoms with van der Waals surface area (Å²) in [7, 11) is -3.56. The van der Waals surface area contributed by atoms with Gasteiger partial charge in [-0.1, -0.05) is 18.2 Å². The van der Waals surface area contributed by atoms with Crippen LogP contribution in [-0.4, -0.2) is 60.1 Å². The van der Waals surface area contributed by atoms with Gasteiger partial charge in [-0.15, -0.1) is 0 Å². The van der Waals surface area contributed by atoms with Crippen LogP contribution < -0.4 is 15.5 Å². The second-order valence-corrected chi connectivity index (χ2v) is 10.5. The smallest absolute Gasteiger partial charge is 0.251 e. The lowest BCUT2D eigenvalue weighted by Crippen LogP contribution is -2.45. The average molecular weight is 499 g/mol. The number of rotatable bonds is 7. The summed E-state index contributed by atoms with van der Waals surface area (Å²) in [6.07, 6.45) is 1.03. The van der Waals surface area contributed by atoms with Crippen LogP contribution in [0.25, 0.3) is 10.9 Å². The number of aromatic nitrogens is 1. The number of amides is 2. The summed E-state index contributed by atoms with van der Waals surface area (Å²) in [5, 5.41) is 12.7. The number of benzene rings is 2. The van der Waals surface area contributed by atoms with Crippen LogP contribution in [0.5, 0.6) is 5.75 Å². The number of aryl methyl sites for hydroxylation is 1. The zero-order valence-corrected chi connectivity index (χ0v) is 20.1. The topological polar surface area (TPSA) is 138 Å². The molecule has 4 rings (SSSR count). The second-order valence-electron chi connectivity index (χ2n) is 8.50. The van der Waals surface area contributed by atoms with Crippen molar-refractivity contribution in [1.82, 2.24) is 20.1 Å². The molecule has 1 fully saturated rings. The van der Waals surface area contributed by atoms with E-state index in [2.05, 4.69) is 10.3 Å². The van der Waals surface area contributed by atoms with Gasteiger partial charge in [0.1, 0.15) is 12.4 Å². The SMILES string of the molecule is Cc1cc(COc2ccc(C(=O)NC3CN(S(C)(=O)=O)C[C@@H]3C(=O)NO)cc2)c2ccccc2n1. The van der Waals surface area contributed by atoms with E-state index in [1.54, 1.807) is 24.3 Å². The monoisotopic (exact) mass is 498 g/mol. The Morgan fingerprint density at radius 1 is 1.14 bits per heavy atom. The van der Waals surface area contributed by atoms with Crippen molar-refractivity contribution in [3.8, 4) is 5.75 Å². The van der Waals surface area contributed by atoms with Crippen molar-refractivity contribution in [2.24, 2.45) is 5.92 Å². The lowest BCUT2D eigenvalue weighted by molar-refractivity contribution is -0.133. The molecule has 0 bridgehead atoms. The number of para-hydroxylation sites is 1. The Balaban J connectivity index is 1.42. The number of pyridine rings is 1. The van der Waals surface area contributed by atoms with E-state index < -0.39 is 33.8 Å². The Hall–Kier alpha value is -3.54. The average Bonchev–Trinajstić information content (AvgIpc) is 3.26. The molecule has 2 atom stereocenters. The molecule has 3 N–H and O–H groups in total. The first kappa shape index (κ1) is 24.6. The number of hydrogen-bond donors (Lipinski definition) is 3. The minimum absolute atomic E-state index is 0.0663. The molecule has 1 saturated heterocycles. The molecule has 2 aromatic carbocycles. The highest BCUT2D eigenvalue weighted by Gasteiger charge is 2.41. The summed E-state index contributed by atoms with van der Waals surface area (Å²) >= 11 is 0. The van der Waals surface area contributed by atoms with Crippen LogP contribution in [0.2, 0.25) is 0 Å². The lowest BCUT2D eigenvalue weighted by Gasteiger charge is -2.18. The van der Waals surface area contributed by atoms with Gasteiger partial charge in [-0.25, -0.2) is 13.9 Å². The van der Waals surface area contributed by atoms with E-state index >= 15 is 0 Å². The Bertz CT molecular complexity index is 1360. The summed E-state index contributed by atoms with van der Waals surface area (Å²) < 4.78 is 30.8. The summed E-state index contributed by atoms with van der Waals surface area (Å²) in [5.74, 6) is -1.57. The maximum Gasteiger partial charge on any atom is 0.251 e. The van der Waals surface area contributed by atoms with Gasteiger partial charge in [0.05, 0.1) is 23.7 Å². The molecule has 184 valence electrons. The van der Waals surface area contributed by atoms with Gasteiger partial charge in [0.15, 0.2) is 0 Å². The van der Waals surface area contributed by atoms with Crippen LogP contribution >= 0.6 is 0 Å². The number of hydroxylamine groups is 1. The fraction of sp³-hybridized carbons (Fsp3) is 0.292. The van der Waals surface area contributed by atoms with Crippen molar-refractivity contribution in [2.45, 2.75) is 19.6 Å². The van der Waals surface area contributed by atoms with Crippen molar-refractivity contribution in [2.75, 3.05) is 19.3 Å². The van der Waals surface area contributed by atoms with E-state index in [1.165, 1.54) is 5.48 Å². The number of hydrogen-bond acceptors (Lipinski definition) is 7. The minimum atomic E-state index is -3.56. The van der Waals surface area contributed by atoms with Crippen LogP contribution in [0.1, 0.15) is 21.6 Å². The standard InChI is InChI=1S/C24H26N4O6S/c1-15-11-17(19-5-3-4-6-21(19)25-15)14-34-18-9-7-16(8-10-18)23(29)26-22-13-28(35(2,32)33)12-20(22)24(30)27-31/h3-11,20,22,31H,12-14H2,1-2H3,(H,26,29)(H,27,30)/t20-,22?/m0/s1. The van der Waals surface area contributed by atoms with Gasteiger partial charge >= 0.3 is 0 Å². The number of carbonyl (C=O) groups excluding carboxylic acids is 2. The maximum absolute atomic E-state index is 12.8. The second kappa shape index (κ2) is 9.98. The fourth-order valence-electron chi connectivity index (χ4n) is 4.16. The van der Waals surface area contributed by atoms with Crippen LogP contribution in [-0.2, 0) is 21.4 Å². The minimum Gasteiger partial charge on any atom is -0.489 e. The first-order chi connectivity index (χ1) is 16.7. The van der Waals surface area contributed by atoms with Crippen LogP contribution in [0.3, 0.4) is 0 Å². The van der Waals surface area contributed by atoms with Gasteiger partial charge in [0.2, 0.25) is 15.9 Å². The molecule has 35 heavy (non-hydrogen) atoms. The molecule has 0 spiro atoms. The number of carbonyl (C=O) groups is 2. The summed E-state index contributed by atoms with van der Waals surface area (Å²) in [5.41, 5.74) is 4.65. The maximum atomic E-state index is 12.8. The molecule has 2 amide bonds. The molecule has 0 radical (unpaired) electrons. The van der Waals surface area contributed by atoms with Gasteiger partial charge < -0.3 is 10.1 Å². The molecule has 1 aliphatic heterocycles. The van der Waals surface area contributed by atoms with Gasteiger partial charge in [-0.05, 0) is 43.3 Å². The van der Waals surface area contributed by atoms with Gasteiger partial charge in [0.25, 0.3) is 5.91 Å². The van der Waals surface area contributed by atoms with E-state index in [4.69, 9.17) is 9.94 Å². The van der Waals surface area contributed by atoms with Crippen molar-refractivity contribution in [1.29, 1.82) is 0 Å². The Morgan fingerprint density at radius 3 is 2.54 bits per heavy atom. The molecule has 1 aromatic heterocycles. The lowest BCUT2D eigenvalue weighted by atomic mass is 10.0. The van der Waals surface area contributed by atoms with Crippen LogP contribution in [0.15, 0.2) is 54.6 Å². The highest BCUT2D eigenvalue weighted by Crippen LogP contribution is 2.23. The van der Waals surface area contributed by atoms with Crippen molar-refractivity contribution >= 4 is 32.7 Å². The molecule has 0 saturated carbocycles. The Labute approximate surface area is 202 Å². The van der Waals surface area contributed by atoms with Crippen molar-refractivity contribution in [3.63, 3.8) is 0 Å². The summed E-state index contributed by atoms with van der Waals surface area (Å²) in [4.78, 5) is 29.3. The quantitative estimate of drug-likeness (QED) is 0.332. The molecule has 11 heteroatoms. The van der Waals surface area contributed by atoms with Crippen LogP contribution in [0, 0.1) is 12.8 Å². The van der Waals surface area contributed by atoms with Crippen molar-refractivity contribution in [3.05, 3.63) is 71.4 Å². The van der Waals surface area contributed by atoms with E-state index in [0.29, 0.717) is 17.9 Å². The number of ether oxygens (including phenoxy) is 1. The van der Waals surface area contributed by atoms with E-state index in [1.807, 2.05) is 37.3 Å². The first-order valence-electron chi connectivity index (χ1n) is 10.9. The third-order valence-electron chi connectivity index (χ3n) is 5.96. The molecule has 2 heterocycles. The Kier molecular flexibility index (Phi) is 7.01. The molecule has 3 aromatic rings. The van der Waals surface area contributed by atoms with E-state index in [9.17, 15) is 18.0 Å². The van der Waals surface area contributed by atoms with Crippen molar-refractivity contribution < 1.29 is 28.0 Å². The fourth-order valence-corrected chi connectivity index (χ4v) is 5.03. The number of nitrogens with zero attached hydrogens (tertiary/aromatic N) is 2. The normalized spacial score (nSPS) is 18.4. The molecule has 10 nitrogen and oxygen atoms in total. The zero-order chi connectivity index (χ0) is 25.2. The highest BCUT2D eigenvalue weighted by atomic mass is 32.2. The largest absolute Gasteiger partial charge is 0.489 e. The molecule has 1 unspecified atom stereocenters. The summed E-state index contributed by atoms with van der Waals surface area (Å²) in [6.45, 7) is 2.06. The van der Waals surface area contributed by atoms with Gasteiger partial charge in [0, 0.05) is 35.3 Å². The summed E-state index contributed by atoms with van der Waals surface area (Å²) in [6, 6.07) is 15.5. The van der Waals surface area contributed by atoms with E-state index in [-0.39, 0.29) is 13.1 Å². The van der Waals surface area contributed by atoms with E-state index in [0.717, 1.165) is 32.7 Å². The van der Waals surface area contributed by atoms with Gasteiger partial charge in [-0.3, -0.25) is 19.8 Å². The zero-order valence-electron chi connectivity index (χ0n) is 19.3. The van der Waals surface area contributed by atoms with Crippen LogP contribution in [0.4, 0.5) is 0 Å². The van der Waals surface area contributed by atoms with Gasteiger partial charge in [-0.2, -0.15) is 4.31 Å². The molecular formula is C24H26N4O6S.